The van der Waals surface area contributed by atoms with Gasteiger partial charge in [-0.05, 0) is 72.5 Å². The molecule has 0 radical (unpaired) electrons. The SMILES string of the molecule is C#Cc1cc(Cl)cc(C(C(=C)Nc2ccc(C)c(C(C)c3ccc(F)c(N)c3F)c2)C(C)(Cl)Cl)c1. The van der Waals surface area contributed by atoms with Crippen molar-refractivity contribution in [3.05, 3.63) is 105 Å². The van der Waals surface area contributed by atoms with Crippen LogP contribution >= 0.6 is 34.8 Å². The van der Waals surface area contributed by atoms with Crippen LogP contribution in [0.15, 0.2) is 60.8 Å². The van der Waals surface area contributed by atoms with E-state index in [2.05, 4.69) is 17.8 Å². The lowest BCUT2D eigenvalue weighted by Crippen LogP contribution is -2.25. The summed E-state index contributed by atoms with van der Waals surface area (Å²) in [6.07, 6.45) is 5.56. The van der Waals surface area contributed by atoms with Gasteiger partial charge in [0, 0.05) is 27.9 Å². The standard InChI is InChI=1S/C28H25Cl3F2N2/c1-6-18-11-19(13-20(29)12-18)25(28(5,30)31)17(4)35-21-8-7-15(2)23(14-21)16(3)22-9-10-24(32)27(34)26(22)33/h1,7-14,16,25,35H,4,34H2,2-3,5H3. The lowest BCUT2D eigenvalue weighted by molar-refractivity contribution is 0.576. The van der Waals surface area contributed by atoms with Gasteiger partial charge in [-0.2, -0.15) is 0 Å². The number of hydrogen-bond acceptors (Lipinski definition) is 2. The molecule has 0 aliphatic heterocycles. The van der Waals surface area contributed by atoms with Gasteiger partial charge in [-0.15, -0.1) is 29.6 Å². The molecule has 3 N–H and O–H groups in total. The van der Waals surface area contributed by atoms with E-state index in [4.69, 9.17) is 47.0 Å². The van der Waals surface area contributed by atoms with Crippen LogP contribution in [0.4, 0.5) is 20.2 Å². The van der Waals surface area contributed by atoms with Crippen molar-refractivity contribution in [2.24, 2.45) is 0 Å². The summed E-state index contributed by atoms with van der Waals surface area (Å²) in [5, 5.41) is 3.73. The van der Waals surface area contributed by atoms with Gasteiger partial charge in [-0.3, -0.25) is 0 Å². The topological polar surface area (TPSA) is 38.0 Å². The minimum atomic E-state index is -1.24. The van der Waals surface area contributed by atoms with Gasteiger partial charge >= 0.3 is 0 Å². The maximum Gasteiger partial charge on any atom is 0.152 e. The summed E-state index contributed by atoms with van der Waals surface area (Å²) in [5.41, 5.74) is 9.66. The fraction of sp³-hybridized carbons (Fsp3) is 0.214. The molecule has 0 aliphatic rings. The largest absolute Gasteiger partial charge is 0.394 e. The zero-order chi connectivity index (χ0) is 26.1. The van der Waals surface area contributed by atoms with Crippen molar-refractivity contribution in [3.63, 3.8) is 0 Å². The van der Waals surface area contributed by atoms with Gasteiger partial charge < -0.3 is 11.1 Å². The average Bonchev–Trinajstić information content (AvgIpc) is 2.77. The van der Waals surface area contributed by atoms with Crippen LogP contribution in [0.5, 0.6) is 0 Å². The van der Waals surface area contributed by atoms with Gasteiger partial charge in [-0.25, -0.2) is 8.78 Å². The van der Waals surface area contributed by atoms with E-state index in [1.807, 2.05) is 32.0 Å². The maximum absolute atomic E-state index is 14.7. The quantitative estimate of drug-likeness (QED) is 0.181. The molecule has 0 heterocycles. The number of allylic oxidation sites excluding steroid dienone is 1. The Bertz CT molecular complexity index is 1320. The Morgan fingerprint density at radius 1 is 1.11 bits per heavy atom. The molecule has 0 spiro atoms. The molecule has 0 aliphatic carbocycles. The second-order valence-electron chi connectivity index (χ2n) is 8.61. The Labute approximate surface area is 220 Å². The number of nitrogens with two attached hydrogens (primary N) is 1. The summed E-state index contributed by atoms with van der Waals surface area (Å²) in [6.45, 7) is 9.59. The number of nitrogen functional groups attached to an aromatic ring is 1. The van der Waals surface area contributed by atoms with E-state index in [1.165, 1.54) is 12.1 Å². The highest BCUT2D eigenvalue weighted by Crippen LogP contribution is 2.43. The minimum absolute atomic E-state index is 0.302. The van der Waals surface area contributed by atoms with Crippen LogP contribution < -0.4 is 11.1 Å². The molecule has 7 heteroatoms. The number of aryl methyl sites for hydroxylation is 1. The van der Waals surface area contributed by atoms with Crippen LogP contribution in [0, 0.1) is 30.9 Å². The summed E-state index contributed by atoms with van der Waals surface area (Å²) in [7, 11) is 0. The Balaban J connectivity index is 1.97. The molecule has 3 aromatic carbocycles. The summed E-state index contributed by atoms with van der Waals surface area (Å²) in [4.78, 5) is 0. The molecule has 35 heavy (non-hydrogen) atoms. The van der Waals surface area contributed by atoms with Gasteiger partial charge in [-0.1, -0.05) is 43.2 Å². The molecule has 2 unspecified atom stereocenters. The zero-order valence-electron chi connectivity index (χ0n) is 19.5. The number of halogens is 5. The van der Waals surface area contributed by atoms with Gasteiger partial charge in [0.1, 0.15) is 15.8 Å². The molecule has 3 aromatic rings. The van der Waals surface area contributed by atoms with Crippen LogP contribution in [-0.2, 0) is 0 Å². The molecule has 2 nitrogen and oxygen atoms in total. The Morgan fingerprint density at radius 2 is 1.80 bits per heavy atom. The highest BCUT2D eigenvalue weighted by atomic mass is 35.5. The molecule has 3 rings (SSSR count). The van der Waals surface area contributed by atoms with Gasteiger partial charge in [0.05, 0.1) is 5.92 Å². The Morgan fingerprint density at radius 3 is 2.43 bits per heavy atom. The monoisotopic (exact) mass is 532 g/mol. The van der Waals surface area contributed by atoms with E-state index in [1.54, 1.807) is 25.1 Å². The Kier molecular flexibility index (Phi) is 8.07. The molecular weight excluding hydrogens is 509 g/mol. The van der Waals surface area contributed by atoms with Gasteiger partial charge in [0.25, 0.3) is 0 Å². The number of terminal acetylenes is 1. The van der Waals surface area contributed by atoms with E-state index in [-0.39, 0.29) is 5.92 Å². The van der Waals surface area contributed by atoms with Gasteiger partial charge in [0.2, 0.25) is 0 Å². The van der Waals surface area contributed by atoms with Crippen LogP contribution in [0.1, 0.15) is 53.5 Å². The van der Waals surface area contributed by atoms with E-state index in [0.29, 0.717) is 33.1 Å². The van der Waals surface area contributed by atoms with E-state index in [9.17, 15) is 8.78 Å². The lowest BCUT2D eigenvalue weighted by Gasteiger charge is -2.30. The molecule has 0 aromatic heterocycles. The van der Waals surface area contributed by atoms with E-state index < -0.39 is 27.6 Å². The molecule has 0 saturated heterocycles. The second kappa shape index (κ2) is 10.5. The molecule has 0 saturated carbocycles. The van der Waals surface area contributed by atoms with Crippen LogP contribution in [0.3, 0.4) is 0 Å². The number of anilines is 2. The number of rotatable bonds is 7. The third-order valence-electron chi connectivity index (χ3n) is 5.95. The average molecular weight is 534 g/mol. The predicted molar refractivity (Wildman–Crippen MR) is 144 cm³/mol. The summed E-state index contributed by atoms with van der Waals surface area (Å²) < 4.78 is 27.1. The molecule has 0 bridgehead atoms. The normalized spacial score (nSPS) is 13.1. The van der Waals surface area contributed by atoms with Crippen molar-refractivity contribution in [2.45, 2.75) is 36.9 Å². The third kappa shape index (κ3) is 5.93. The molecule has 2 atom stereocenters. The van der Waals surface area contributed by atoms with Crippen LogP contribution in [-0.4, -0.2) is 4.33 Å². The van der Waals surface area contributed by atoms with Gasteiger partial charge in [0.15, 0.2) is 5.82 Å². The van der Waals surface area contributed by atoms with Crippen molar-refractivity contribution in [1.29, 1.82) is 0 Å². The molecule has 0 amide bonds. The number of benzene rings is 3. The number of hydrogen-bond donors (Lipinski definition) is 2. The summed E-state index contributed by atoms with van der Waals surface area (Å²) >= 11 is 19.4. The number of alkyl halides is 2. The number of nitrogens with one attached hydrogen (secondary N) is 1. The van der Waals surface area contributed by atoms with E-state index >= 15 is 0 Å². The fourth-order valence-corrected chi connectivity index (χ4v) is 4.95. The van der Waals surface area contributed by atoms with Crippen molar-refractivity contribution in [2.75, 3.05) is 11.1 Å². The zero-order valence-corrected chi connectivity index (χ0v) is 21.8. The lowest BCUT2D eigenvalue weighted by atomic mass is 9.88. The van der Waals surface area contributed by atoms with Crippen molar-refractivity contribution >= 4 is 46.2 Å². The second-order valence-corrected chi connectivity index (χ2v) is 10.8. The first kappa shape index (κ1) is 26.9. The smallest absolute Gasteiger partial charge is 0.152 e. The Hall–Kier alpha value is -2.71. The van der Waals surface area contributed by atoms with E-state index in [0.717, 1.165) is 11.1 Å². The summed E-state index contributed by atoms with van der Waals surface area (Å²) in [6, 6.07) is 13.4. The highest BCUT2D eigenvalue weighted by Gasteiger charge is 2.34. The van der Waals surface area contributed by atoms with Crippen LogP contribution in [0.25, 0.3) is 0 Å². The minimum Gasteiger partial charge on any atom is -0.394 e. The first-order chi connectivity index (χ1) is 16.3. The third-order valence-corrected chi connectivity index (χ3v) is 6.60. The molecule has 182 valence electrons. The first-order valence-corrected chi connectivity index (χ1v) is 11.9. The molecule has 0 fully saturated rings. The van der Waals surface area contributed by atoms with Crippen LogP contribution in [0.2, 0.25) is 5.02 Å². The predicted octanol–water partition coefficient (Wildman–Crippen LogP) is 8.55. The summed E-state index contributed by atoms with van der Waals surface area (Å²) in [5.74, 6) is 0.0791. The van der Waals surface area contributed by atoms with Crippen molar-refractivity contribution in [3.8, 4) is 12.3 Å². The molecular formula is C28H25Cl3F2N2. The van der Waals surface area contributed by atoms with Crippen molar-refractivity contribution in [1.82, 2.24) is 0 Å². The maximum atomic E-state index is 14.7. The fourth-order valence-electron chi connectivity index (χ4n) is 4.19. The van der Waals surface area contributed by atoms with Crippen molar-refractivity contribution < 1.29 is 8.78 Å². The first-order valence-electron chi connectivity index (χ1n) is 10.8. The highest BCUT2D eigenvalue weighted by molar-refractivity contribution is 6.49.